The van der Waals surface area contributed by atoms with Crippen molar-refractivity contribution < 1.29 is 19.2 Å². The third kappa shape index (κ3) is 9.20. The van der Waals surface area contributed by atoms with Crippen molar-refractivity contribution in [2.75, 3.05) is 0 Å². The fourth-order valence-corrected chi connectivity index (χ4v) is 4.10. The number of hydrogen-bond donors (Lipinski definition) is 0. The largest absolute Gasteiger partial charge is 0.333 e. The molecule has 0 aromatic heterocycles. The van der Waals surface area contributed by atoms with Gasteiger partial charge in [0.05, 0.1) is 0 Å². The zero-order chi connectivity index (χ0) is 18.0. The molecular formula is C18H33NO4Si. The molecule has 1 saturated heterocycles. The quantitative estimate of drug-likeness (QED) is 0.295. The van der Waals surface area contributed by atoms with Crippen LogP contribution in [0.2, 0.25) is 25.7 Å². The molecule has 6 heteroatoms. The standard InChI is InChI=1S/C18H33NO4Si/c1-24(2,3)15-11-9-7-5-4-6-8-10-12-18(22)23-19-16(20)13-14-17(19)21/h4-15H2,1-3H3. The van der Waals surface area contributed by atoms with Crippen molar-refractivity contribution in [1.29, 1.82) is 0 Å². The monoisotopic (exact) mass is 355 g/mol. The first kappa shape index (κ1) is 20.9. The molecule has 0 spiro atoms. The summed E-state index contributed by atoms with van der Waals surface area (Å²) in [5.74, 6) is -1.31. The fraction of sp³-hybridized carbons (Fsp3) is 0.833. The molecule has 0 radical (unpaired) electrons. The van der Waals surface area contributed by atoms with Crippen LogP contribution in [0.1, 0.15) is 70.6 Å². The SMILES string of the molecule is C[Si](C)(C)CCCCCCCCCCC(=O)ON1C(=O)CCC1=O. The van der Waals surface area contributed by atoms with Crippen LogP contribution in [0.3, 0.4) is 0 Å². The average molecular weight is 356 g/mol. The molecule has 0 saturated carbocycles. The molecule has 0 bridgehead atoms. The molecule has 0 aliphatic carbocycles. The van der Waals surface area contributed by atoms with Gasteiger partial charge in [-0.1, -0.05) is 70.6 Å². The van der Waals surface area contributed by atoms with E-state index in [9.17, 15) is 14.4 Å². The van der Waals surface area contributed by atoms with Crippen molar-refractivity contribution in [3.63, 3.8) is 0 Å². The fourth-order valence-electron chi connectivity index (χ4n) is 2.79. The van der Waals surface area contributed by atoms with Gasteiger partial charge in [0.15, 0.2) is 0 Å². The Hall–Kier alpha value is -1.17. The van der Waals surface area contributed by atoms with Crippen LogP contribution in [0, 0.1) is 0 Å². The molecule has 0 aromatic carbocycles. The normalized spacial score (nSPS) is 15.2. The van der Waals surface area contributed by atoms with E-state index in [1.165, 1.54) is 38.1 Å². The van der Waals surface area contributed by atoms with Crippen molar-refractivity contribution in [2.45, 2.75) is 96.3 Å². The van der Waals surface area contributed by atoms with E-state index in [2.05, 4.69) is 19.6 Å². The van der Waals surface area contributed by atoms with Gasteiger partial charge in [-0.25, -0.2) is 4.79 Å². The van der Waals surface area contributed by atoms with Crippen LogP contribution in [0.4, 0.5) is 0 Å². The van der Waals surface area contributed by atoms with E-state index in [0.29, 0.717) is 5.06 Å². The maximum atomic E-state index is 11.6. The predicted molar refractivity (Wildman–Crippen MR) is 96.9 cm³/mol. The smallest absolute Gasteiger partial charge is 0.330 e. The number of hydrogen-bond acceptors (Lipinski definition) is 4. The van der Waals surface area contributed by atoms with Crippen LogP contribution >= 0.6 is 0 Å². The summed E-state index contributed by atoms with van der Waals surface area (Å²) in [4.78, 5) is 39.1. The lowest BCUT2D eigenvalue weighted by Gasteiger charge is -2.14. The van der Waals surface area contributed by atoms with E-state index in [0.717, 1.165) is 19.3 Å². The number of carbonyl (C=O) groups is 3. The Labute approximate surface area is 147 Å². The molecule has 5 nitrogen and oxygen atoms in total. The number of hydroxylamine groups is 2. The highest BCUT2D eigenvalue weighted by Crippen LogP contribution is 2.17. The van der Waals surface area contributed by atoms with Crippen molar-refractivity contribution in [2.24, 2.45) is 0 Å². The van der Waals surface area contributed by atoms with Gasteiger partial charge in [0.25, 0.3) is 11.8 Å². The predicted octanol–water partition coefficient (Wildman–Crippen LogP) is 4.44. The van der Waals surface area contributed by atoms with Gasteiger partial charge in [0.1, 0.15) is 0 Å². The molecule has 1 heterocycles. The first-order valence-electron chi connectivity index (χ1n) is 9.36. The van der Waals surface area contributed by atoms with Crippen molar-refractivity contribution in [1.82, 2.24) is 5.06 Å². The molecule has 24 heavy (non-hydrogen) atoms. The van der Waals surface area contributed by atoms with Gasteiger partial charge in [0.2, 0.25) is 0 Å². The van der Waals surface area contributed by atoms with Gasteiger partial charge >= 0.3 is 5.97 Å². The van der Waals surface area contributed by atoms with Gasteiger partial charge in [0, 0.05) is 27.3 Å². The number of carbonyl (C=O) groups excluding carboxylic acids is 3. The summed E-state index contributed by atoms with van der Waals surface area (Å²) in [6.45, 7) is 7.27. The second-order valence-corrected chi connectivity index (χ2v) is 13.6. The van der Waals surface area contributed by atoms with Crippen LogP contribution in [0.15, 0.2) is 0 Å². The topological polar surface area (TPSA) is 63.7 Å². The number of amides is 2. The molecule has 1 rings (SSSR count). The lowest BCUT2D eigenvalue weighted by molar-refractivity contribution is -0.197. The molecule has 1 fully saturated rings. The highest BCUT2D eigenvalue weighted by molar-refractivity contribution is 6.76. The van der Waals surface area contributed by atoms with E-state index in [1.54, 1.807) is 0 Å². The van der Waals surface area contributed by atoms with Crippen molar-refractivity contribution in [3.05, 3.63) is 0 Å². The molecule has 0 N–H and O–H groups in total. The zero-order valence-electron chi connectivity index (χ0n) is 15.6. The van der Waals surface area contributed by atoms with Crippen LogP contribution in [-0.2, 0) is 19.2 Å². The number of rotatable bonds is 12. The van der Waals surface area contributed by atoms with Crippen LogP contribution in [0.25, 0.3) is 0 Å². The minimum absolute atomic E-state index is 0.143. The van der Waals surface area contributed by atoms with E-state index in [-0.39, 0.29) is 19.3 Å². The Kier molecular flexibility index (Phi) is 9.25. The summed E-state index contributed by atoms with van der Waals surface area (Å²) in [6.07, 6.45) is 9.94. The summed E-state index contributed by atoms with van der Waals surface area (Å²) in [7, 11) is -0.866. The first-order chi connectivity index (χ1) is 11.3. The van der Waals surface area contributed by atoms with Gasteiger partial charge in [-0.3, -0.25) is 9.59 Å². The Bertz CT molecular complexity index is 415. The Balaban J connectivity index is 1.92. The number of nitrogens with zero attached hydrogens (tertiary/aromatic N) is 1. The van der Waals surface area contributed by atoms with Gasteiger partial charge in [-0.2, -0.15) is 0 Å². The summed E-state index contributed by atoms with van der Waals surface area (Å²) >= 11 is 0. The zero-order valence-corrected chi connectivity index (χ0v) is 16.6. The maximum Gasteiger partial charge on any atom is 0.333 e. The molecule has 0 aromatic rings. The highest BCUT2D eigenvalue weighted by atomic mass is 28.3. The number of imide groups is 1. The van der Waals surface area contributed by atoms with E-state index in [1.807, 2.05) is 0 Å². The van der Waals surface area contributed by atoms with Crippen molar-refractivity contribution >= 4 is 25.9 Å². The Morgan fingerprint density at radius 3 is 1.83 bits per heavy atom. The second kappa shape index (κ2) is 10.6. The Morgan fingerprint density at radius 1 is 0.875 bits per heavy atom. The average Bonchev–Trinajstić information content (AvgIpc) is 2.80. The lowest BCUT2D eigenvalue weighted by atomic mass is 10.1. The van der Waals surface area contributed by atoms with Crippen LogP contribution in [-0.4, -0.2) is 30.9 Å². The summed E-state index contributed by atoms with van der Waals surface area (Å²) in [6, 6.07) is 1.43. The molecule has 0 atom stereocenters. The van der Waals surface area contributed by atoms with Gasteiger partial charge < -0.3 is 4.84 Å². The van der Waals surface area contributed by atoms with Crippen molar-refractivity contribution in [3.8, 4) is 0 Å². The van der Waals surface area contributed by atoms with Crippen LogP contribution in [0.5, 0.6) is 0 Å². The molecule has 1 aliphatic heterocycles. The lowest BCUT2D eigenvalue weighted by Crippen LogP contribution is -2.31. The summed E-state index contributed by atoms with van der Waals surface area (Å²) in [5.41, 5.74) is 0. The molecule has 1 aliphatic rings. The van der Waals surface area contributed by atoms with E-state index in [4.69, 9.17) is 4.84 Å². The maximum absolute atomic E-state index is 11.6. The number of unbranched alkanes of at least 4 members (excludes halogenated alkanes) is 7. The molecule has 0 unspecified atom stereocenters. The molecular weight excluding hydrogens is 322 g/mol. The third-order valence-corrected chi connectivity index (χ3v) is 6.11. The minimum atomic E-state index is -0.866. The summed E-state index contributed by atoms with van der Waals surface area (Å²) < 4.78 is 0. The highest BCUT2D eigenvalue weighted by Gasteiger charge is 2.32. The van der Waals surface area contributed by atoms with E-state index < -0.39 is 25.9 Å². The first-order valence-corrected chi connectivity index (χ1v) is 13.1. The van der Waals surface area contributed by atoms with E-state index >= 15 is 0 Å². The summed E-state index contributed by atoms with van der Waals surface area (Å²) in [5, 5.41) is 0.628. The molecule has 138 valence electrons. The van der Waals surface area contributed by atoms with Gasteiger partial charge in [-0.15, -0.1) is 5.06 Å². The van der Waals surface area contributed by atoms with Crippen LogP contribution < -0.4 is 0 Å². The molecule has 2 amide bonds. The minimum Gasteiger partial charge on any atom is -0.330 e. The van der Waals surface area contributed by atoms with Gasteiger partial charge in [-0.05, 0) is 6.42 Å². The second-order valence-electron chi connectivity index (χ2n) is 7.93. The Morgan fingerprint density at radius 2 is 1.33 bits per heavy atom. The third-order valence-electron chi connectivity index (χ3n) is 4.26.